The van der Waals surface area contributed by atoms with Crippen molar-refractivity contribution < 1.29 is 13.2 Å². The van der Waals surface area contributed by atoms with Crippen LogP contribution in [0.1, 0.15) is 24.0 Å². The second-order valence-corrected chi connectivity index (χ2v) is 6.60. The van der Waals surface area contributed by atoms with E-state index in [1.165, 1.54) is 4.31 Å². The topological polar surface area (TPSA) is 54.5 Å². The number of hydrogen-bond acceptors (Lipinski definition) is 3. The molecule has 0 amide bonds. The fraction of sp³-hybridized carbons (Fsp3) is 0.462. The molecule has 0 spiro atoms. The van der Waals surface area contributed by atoms with Crippen molar-refractivity contribution in [2.75, 3.05) is 6.54 Å². The molecule has 5 heteroatoms. The Hall–Kier alpha value is -1.20. The van der Waals surface area contributed by atoms with E-state index in [9.17, 15) is 13.2 Å². The summed E-state index contributed by atoms with van der Waals surface area (Å²) < 4.78 is 26.2. The van der Waals surface area contributed by atoms with Crippen molar-refractivity contribution in [1.29, 1.82) is 0 Å². The molecule has 1 aliphatic heterocycles. The van der Waals surface area contributed by atoms with Crippen LogP contribution >= 0.6 is 0 Å². The van der Waals surface area contributed by atoms with E-state index in [1.807, 2.05) is 13.8 Å². The molecule has 2 rings (SSSR count). The molecule has 1 unspecified atom stereocenters. The van der Waals surface area contributed by atoms with Crippen LogP contribution in [0.25, 0.3) is 0 Å². The van der Waals surface area contributed by atoms with Crippen LogP contribution in [0.4, 0.5) is 0 Å². The maximum absolute atomic E-state index is 12.4. The van der Waals surface area contributed by atoms with Gasteiger partial charge in [-0.05, 0) is 49.9 Å². The van der Waals surface area contributed by atoms with E-state index in [2.05, 4.69) is 0 Å². The van der Waals surface area contributed by atoms with Crippen LogP contribution in [0.2, 0.25) is 0 Å². The van der Waals surface area contributed by atoms with Gasteiger partial charge >= 0.3 is 0 Å². The summed E-state index contributed by atoms with van der Waals surface area (Å²) in [5.74, 6) is 0. The van der Waals surface area contributed by atoms with Gasteiger partial charge in [-0.25, -0.2) is 8.42 Å². The highest BCUT2D eigenvalue weighted by Crippen LogP contribution is 2.26. The van der Waals surface area contributed by atoms with Crippen molar-refractivity contribution in [1.82, 2.24) is 4.31 Å². The Morgan fingerprint density at radius 1 is 1.28 bits per heavy atom. The Balaban J connectivity index is 2.41. The van der Waals surface area contributed by atoms with Crippen LogP contribution in [0.15, 0.2) is 23.1 Å². The molecule has 1 saturated heterocycles. The number of carbonyl (C=O) groups excluding carboxylic acids is 1. The Kier molecular flexibility index (Phi) is 3.54. The van der Waals surface area contributed by atoms with Gasteiger partial charge in [-0.3, -0.25) is 0 Å². The molecule has 1 atom stereocenters. The molecular weight excluding hydrogens is 250 g/mol. The molecule has 18 heavy (non-hydrogen) atoms. The number of benzene rings is 1. The number of carbonyl (C=O) groups is 1. The predicted octanol–water partition coefficient (Wildman–Crippen LogP) is 1.66. The van der Waals surface area contributed by atoms with Crippen molar-refractivity contribution in [3.05, 3.63) is 29.3 Å². The highest BCUT2D eigenvalue weighted by molar-refractivity contribution is 7.89. The summed E-state index contributed by atoms with van der Waals surface area (Å²) in [5.41, 5.74) is 2.00. The normalized spacial score (nSPS) is 21.1. The zero-order valence-corrected chi connectivity index (χ0v) is 11.4. The van der Waals surface area contributed by atoms with Gasteiger partial charge in [0.2, 0.25) is 10.0 Å². The van der Waals surface area contributed by atoms with Crippen molar-refractivity contribution in [2.45, 2.75) is 37.6 Å². The fourth-order valence-corrected chi connectivity index (χ4v) is 3.93. The van der Waals surface area contributed by atoms with Gasteiger partial charge in [0.15, 0.2) is 0 Å². The molecule has 4 nitrogen and oxygen atoms in total. The van der Waals surface area contributed by atoms with Crippen LogP contribution in [-0.4, -0.2) is 31.6 Å². The third kappa shape index (κ3) is 2.20. The van der Waals surface area contributed by atoms with Crippen LogP contribution in [-0.2, 0) is 14.8 Å². The molecule has 1 fully saturated rings. The highest BCUT2D eigenvalue weighted by atomic mass is 32.2. The van der Waals surface area contributed by atoms with Gasteiger partial charge in [0.05, 0.1) is 10.9 Å². The summed E-state index contributed by atoms with van der Waals surface area (Å²) >= 11 is 0. The van der Waals surface area contributed by atoms with E-state index < -0.39 is 16.1 Å². The first-order chi connectivity index (χ1) is 8.46. The summed E-state index contributed by atoms with van der Waals surface area (Å²) in [4.78, 5) is 11.2. The minimum Gasteiger partial charge on any atom is -0.302 e. The second-order valence-electron chi connectivity index (χ2n) is 4.71. The van der Waals surface area contributed by atoms with E-state index in [0.29, 0.717) is 13.0 Å². The lowest BCUT2D eigenvalue weighted by Crippen LogP contribution is -2.36. The summed E-state index contributed by atoms with van der Waals surface area (Å²) in [7, 11) is -3.54. The molecule has 98 valence electrons. The summed E-state index contributed by atoms with van der Waals surface area (Å²) in [5, 5.41) is 0. The Bertz CT molecular complexity index is 566. The molecule has 0 radical (unpaired) electrons. The van der Waals surface area contributed by atoms with Crippen LogP contribution in [0, 0.1) is 13.8 Å². The van der Waals surface area contributed by atoms with Crippen LogP contribution in [0.3, 0.4) is 0 Å². The molecule has 1 aliphatic rings. The molecule has 0 saturated carbocycles. The standard InChI is InChI=1S/C13H17NO3S/c1-10-5-6-13(8-11(10)2)18(16,17)14-7-3-4-12(14)9-15/h5-6,8-9,12H,3-4,7H2,1-2H3. The highest BCUT2D eigenvalue weighted by Gasteiger charge is 2.35. The van der Waals surface area contributed by atoms with Crippen LogP contribution in [0.5, 0.6) is 0 Å². The first-order valence-corrected chi connectivity index (χ1v) is 7.45. The van der Waals surface area contributed by atoms with Crippen molar-refractivity contribution in [3.63, 3.8) is 0 Å². The zero-order chi connectivity index (χ0) is 13.3. The number of sulfonamides is 1. The maximum Gasteiger partial charge on any atom is 0.243 e. The van der Waals surface area contributed by atoms with Gasteiger partial charge in [0, 0.05) is 6.54 Å². The maximum atomic E-state index is 12.4. The van der Waals surface area contributed by atoms with Crippen molar-refractivity contribution >= 4 is 16.3 Å². The Labute approximate surface area is 108 Å². The smallest absolute Gasteiger partial charge is 0.243 e. The minimum absolute atomic E-state index is 0.277. The molecule has 0 bridgehead atoms. The number of aldehydes is 1. The fourth-order valence-electron chi connectivity index (χ4n) is 2.21. The molecule has 0 aromatic heterocycles. The number of nitrogens with zero attached hydrogens (tertiary/aromatic N) is 1. The SMILES string of the molecule is Cc1ccc(S(=O)(=O)N2CCCC2C=O)cc1C. The quantitative estimate of drug-likeness (QED) is 0.783. The van der Waals surface area contributed by atoms with E-state index in [4.69, 9.17) is 0 Å². The average molecular weight is 267 g/mol. The summed E-state index contributed by atoms with van der Waals surface area (Å²) in [6.45, 7) is 4.25. The van der Waals surface area contributed by atoms with E-state index in [-0.39, 0.29) is 4.90 Å². The lowest BCUT2D eigenvalue weighted by molar-refractivity contribution is -0.110. The number of rotatable bonds is 3. The molecule has 1 aromatic carbocycles. The molecule has 0 aliphatic carbocycles. The zero-order valence-electron chi connectivity index (χ0n) is 10.6. The monoisotopic (exact) mass is 267 g/mol. The largest absolute Gasteiger partial charge is 0.302 e. The summed E-state index contributed by atoms with van der Waals surface area (Å²) in [6, 6.07) is 4.58. The van der Waals surface area contributed by atoms with Gasteiger partial charge in [-0.2, -0.15) is 4.31 Å². The number of hydrogen-bond donors (Lipinski definition) is 0. The Morgan fingerprint density at radius 2 is 2.00 bits per heavy atom. The van der Waals surface area contributed by atoms with Gasteiger partial charge in [0.25, 0.3) is 0 Å². The lowest BCUT2D eigenvalue weighted by Gasteiger charge is -2.20. The number of aryl methyl sites for hydroxylation is 2. The molecule has 0 N–H and O–H groups in total. The van der Waals surface area contributed by atoms with Gasteiger partial charge < -0.3 is 4.79 Å². The third-order valence-electron chi connectivity index (χ3n) is 3.49. The minimum atomic E-state index is -3.54. The van der Waals surface area contributed by atoms with Gasteiger partial charge in [0.1, 0.15) is 6.29 Å². The predicted molar refractivity (Wildman–Crippen MR) is 68.9 cm³/mol. The van der Waals surface area contributed by atoms with E-state index >= 15 is 0 Å². The van der Waals surface area contributed by atoms with E-state index in [0.717, 1.165) is 23.8 Å². The summed E-state index contributed by atoms with van der Waals surface area (Å²) in [6.07, 6.45) is 2.09. The second kappa shape index (κ2) is 4.82. The first-order valence-electron chi connectivity index (χ1n) is 6.01. The van der Waals surface area contributed by atoms with Gasteiger partial charge in [-0.15, -0.1) is 0 Å². The first kappa shape index (κ1) is 13.2. The molecule has 1 aromatic rings. The average Bonchev–Trinajstić information content (AvgIpc) is 2.81. The van der Waals surface area contributed by atoms with Crippen LogP contribution < -0.4 is 0 Å². The third-order valence-corrected chi connectivity index (χ3v) is 5.41. The van der Waals surface area contributed by atoms with E-state index in [1.54, 1.807) is 18.2 Å². The lowest BCUT2D eigenvalue weighted by atomic mass is 10.1. The Morgan fingerprint density at radius 3 is 2.61 bits per heavy atom. The molecular formula is C13H17NO3S. The van der Waals surface area contributed by atoms with Crippen molar-refractivity contribution in [3.8, 4) is 0 Å². The van der Waals surface area contributed by atoms with Gasteiger partial charge in [-0.1, -0.05) is 6.07 Å². The van der Waals surface area contributed by atoms with Crippen molar-refractivity contribution in [2.24, 2.45) is 0 Å². The molecule has 1 heterocycles.